The Morgan fingerprint density at radius 1 is 1.26 bits per heavy atom. The monoisotopic (exact) mass is 275 g/mol. The number of rotatable bonds is 5. The molecule has 1 aromatic carbocycles. The lowest BCUT2D eigenvalue weighted by molar-refractivity contribution is -0.117. The maximum Gasteiger partial charge on any atom is 0.144 e. The number of ketones is 1. The zero-order valence-electron chi connectivity index (χ0n) is 11.4. The molecule has 4 heteroatoms. The van der Waals surface area contributed by atoms with E-state index >= 15 is 0 Å². The Bertz CT molecular complexity index is 570. The van der Waals surface area contributed by atoms with Gasteiger partial charge in [-0.1, -0.05) is 18.2 Å². The molecular formula is C15H17NO2S. The third-order valence-electron chi connectivity index (χ3n) is 3.00. The van der Waals surface area contributed by atoms with Crippen LogP contribution in [0.3, 0.4) is 0 Å². The molecule has 0 saturated carbocycles. The highest BCUT2D eigenvalue weighted by atomic mass is 32.1. The van der Waals surface area contributed by atoms with Crippen LogP contribution >= 0.6 is 11.3 Å². The molecule has 0 N–H and O–H groups in total. The van der Waals surface area contributed by atoms with Gasteiger partial charge in [0.05, 0.1) is 19.2 Å². The van der Waals surface area contributed by atoms with Crippen LogP contribution in [0.5, 0.6) is 5.75 Å². The molecule has 0 atom stereocenters. The molecule has 0 amide bonds. The second-order valence-corrected chi connectivity index (χ2v) is 5.74. The minimum absolute atomic E-state index is 0.165. The number of hydrogen-bond acceptors (Lipinski definition) is 4. The first-order chi connectivity index (χ1) is 9.10. The fourth-order valence-electron chi connectivity index (χ4n) is 1.91. The first-order valence-corrected chi connectivity index (χ1v) is 6.98. The summed E-state index contributed by atoms with van der Waals surface area (Å²) in [5.74, 6) is 0.931. The van der Waals surface area contributed by atoms with Gasteiger partial charge in [-0.05, 0) is 19.9 Å². The molecule has 0 fully saturated rings. The van der Waals surface area contributed by atoms with E-state index in [1.54, 1.807) is 18.4 Å². The van der Waals surface area contributed by atoms with E-state index in [0.29, 0.717) is 12.8 Å². The van der Waals surface area contributed by atoms with Crippen LogP contribution in [0.1, 0.15) is 21.1 Å². The highest BCUT2D eigenvalue weighted by molar-refractivity contribution is 7.11. The second-order valence-electron chi connectivity index (χ2n) is 4.45. The number of carbonyl (C=O) groups excluding carboxylic acids is 1. The number of nitrogens with zero attached hydrogens (tertiary/aromatic N) is 1. The number of para-hydroxylation sites is 1. The minimum atomic E-state index is 0.165. The topological polar surface area (TPSA) is 39.2 Å². The predicted octanol–water partition coefficient (Wildman–Crippen LogP) is 3.12. The standard InChI is InChI=1S/C15H17NO2S/c1-10-11(2)19-15(16-10)9-13(17)8-12-6-4-5-7-14(12)18-3/h4-7H,8-9H2,1-3H3. The summed E-state index contributed by atoms with van der Waals surface area (Å²) in [5, 5.41) is 0.898. The summed E-state index contributed by atoms with van der Waals surface area (Å²) in [6.07, 6.45) is 0.791. The molecule has 0 aliphatic carbocycles. The van der Waals surface area contributed by atoms with Gasteiger partial charge in [-0.15, -0.1) is 11.3 Å². The molecular weight excluding hydrogens is 258 g/mol. The zero-order valence-corrected chi connectivity index (χ0v) is 12.2. The number of methoxy groups -OCH3 is 1. The number of carbonyl (C=O) groups is 1. The molecule has 0 unspecified atom stereocenters. The fourth-order valence-corrected chi connectivity index (χ4v) is 2.87. The molecule has 0 spiro atoms. The van der Waals surface area contributed by atoms with Crippen molar-refractivity contribution in [3.63, 3.8) is 0 Å². The van der Waals surface area contributed by atoms with Crippen molar-refractivity contribution in [3.8, 4) is 5.75 Å². The molecule has 3 nitrogen and oxygen atoms in total. The van der Waals surface area contributed by atoms with E-state index in [1.165, 1.54) is 4.88 Å². The molecule has 0 radical (unpaired) electrons. The highest BCUT2D eigenvalue weighted by Gasteiger charge is 2.12. The average molecular weight is 275 g/mol. The SMILES string of the molecule is COc1ccccc1CC(=O)Cc1nc(C)c(C)s1. The molecule has 0 saturated heterocycles. The molecule has 2 aromatic rings. The number of hydrogen-bond donors (Lipinski definition) is 0. The summed E-state index contributed by atoms with van der Waals surface area (Å²) in [6, 6.07) is 7.62. The maximum atomic E-state index is 12.1. The number of ether oxygens (including phenoxy) is 1. The molecule has 0 bridgehead atoms. The fraction of sp³-hybridized carbons (Fsp3) is 0.333. The summed E-state index contributed by atoms with van der Waals surface area (Å²) in [5.41, 5.74) is 1.95. The Morgan fingerprint density at radius 2 is 2.00 bits per heavy atom. The Hall–Kier alpha value is -1.68. The average Bonchev–Trinajstić information content (AvgIpc) is 2.68. The van der Waals surface area contributed by atoms with E-state index < -0.39 is 0 Å². The third-order valence-corrected chi connectivity index (χ3v) is 4.07. The van der Waals surface area contributed by atoms with Crippen molar-refractivity contribution in [1.82, 2.24) is 4.98 Å². The largest absolute Gasteiger partial charge is 0.496 e. The molecule has 0 aliphatic rings. The Labute approximate surface area is 117 Å². The van der Waals surface area contributed by atoms with Gasteiger partial charge in [-0.2, -0.15) is 0 Å². The van der Waals surface area contributed by atoms with Gasteiger partial charge in [-0.25, -0.2) is 4.98 Å². The smallest absolute Gasteiger partial charge is 0.144 e. The van der Waals surface area contributed by atoms with Gasteiger partial charge >= 0.3 is 0 Å². The van der Waals surface area contributed by atoms with Crippen molar-refractivity contribution in [2.24, 2.45) is 0 Å². The quantitative estimate of drug-likeness (QED) is 0.841. The molecule has 1 heterocycles. The second kappa shape index (κ2) is 5.97. The van der Waals surface area contributed by atoms with Gasteiger partial charge in [0.15, 0.2) is 0 Å². The summed E-state index contributed by atoms with van der Waals surface area (Å²) < 4.78 is 5.25. The van der Waals surface area contributed by atoms with Crippen molar-refractivity contribution >= 4 is 17.1 Å². The van der Waals surface area contributed by atoms with Gasteiger partial charge in [-0.3, -0.25) is 4.79 Å². The van der Waals surface area contributed by atoms with Crippen LogP contribution < -0.4 is 4.74 Å². The van der Waals surface area contributed by atoms with Crippen LogP contribution in [0.15, 0.2) is 24.3 Å². The number of aryl methyl sites for hydroxylation is 2. The van der Waals surface area contributed by atoms with Crippen LogP contribution in [0.25, 0.3) is 0 Å². The Morgan fingerprint density at radius 3 is 2.63 bits per heavy atom. The first-order valence-electron chi connectivity index (χ1n) is 6.16. The van der Waals surface area contributed by atoms with E-state index in [9.17, 15) is 4.79 Å². The van der Waals surface area contributed by atoms with E-state index in [4.69, 9.17) is 4.74 Å². The molecule has 100 valence electrons. The molecule has 0 aliphatic heterocycles. The lowest BCUT2D eigenvalue weighted by Crippen LogP contribution is -2.07. The number of Topliss-reactive ketones (excluding diaryl/α,β-unsaturated/α-hetero) is 1. The van der Waals surface area contributed by atoms with E-state index in [1.807, 2.05) is 38.1 Å². The lowest BCUT2D eigenvalue weighted by atomic mass is 10.1. The zero-order chi connectivity index (χ0) is 13.8. The minimum Gasteiger partial charge on any atom is -0.496 e. The van der Waals surface area contributed by atoms with Crippen molar-refractivity contribution in [3.05, 3.63) is 45.4 Å². The van der Waals surface area contributed by atoms with Crippen molar-refractivity contribution < 1.29 is 9.53 Å². The third kappa shape index (κ3) is 3.41. The van der Waals surface area contributed by atoms with Gasteiger partial charge in [0.25, 0.3) is 0 Å². The van der Waals surface area contributed by atoms with Crippen LogP contribution in [0.4, 0.5) is 0 Å². The van der Waals surface area contributed by atoms with Gasteiger partial charge in [0.1, 0.15) is 16.5 Å². The predicted molar refractivity (Wildman–Crippen MR) is 77.0 cm³/mol. The summed E-state index contributed by atoms with van der Waals surface area (Å²) in [4.78, 5) is 17.7. The van der Waals surface area contributed by atoms with Crippen molar-refractivity contribution in [1.29, 1.82) is 0 Å². The summed E-state index contributed by atoms with van der Waals surface area (Å²) in [6.45, 7) is 4.00. The maximum absolute atomic E-state index is 12.1. The van der Waals surface area contributed by atoms with Gasteiger partial charge in [0.2, 0.25) is 0 Å². The normalized spacial score (nSPS) is 10.5. The van der Waals surface area contributed by atoms with E-state index in [-0.39, 0.29) is 5.78 Å². The van der Waals surface area contributed by atoms with Crippen LogP contribution in [-0.2, 0) is 17.6 Å². The van der Waals surface area contributed by atoms with Crippen LogP contribution in [0, 0.1) is 13.8 Å². The molecule has 19 heavy (non-hydrogen) atoms. The number of aromatic nitrogens is 1. The summed E-state index contributed by atoms with van der Waals surface area (Å²) in [7, 11) is 1.62. The van der Waals surface area contributed by atoms with E-state index in [0.717, 1.165) is 22.0 Å². The number of benzene rings is 1. The van der Waals surface area contributed by atoms with E-state index in [2.05, 4.69) is 4.98 Å². The summed E-state index contributed by atoms with van der Waals surface area (Å²) >= 11 is 1.60. The molecule has 2 rings (SSSR count). The van der Waals surface area contributed by atoms with Gasteiger partial charge in [0, 0.05) is 16.9 Å². The molecule has 1 aromatic heterocycles. The first kappa shape index (κ1) is 13.7. The highest BCUT2D eigenvalue weighted by Crippen LogP contribution is 2.20. The van der Waals surface area contributed by atoms with Crippen LogP contribution in [-0.4, -0.2) is 17.9 Å². The van der Waals surface area contributed by atoms with Crippen molar-refractivity contribution in [2.75, 3.05) is 7.11 Å². The number of thiazole rings is 1. The Kier molecular flexibility index (Phi) is 4.32. The van der Waals surface area contributed by atoms with Crippen molar-refractivity contribution in [2.45, 2.75) is 26.7 Å². The van der Waals surface area contributed by atoms with Crippen LogP contribution in [0.2, 0.25) is 0 Å². The van der Waals surface area contributed by atoms with Gasteiger partial charge < -0.3 is 4.74 Å². The Balaban J connectivity index is 2.05. The lowest BCUT2D eigenvalue weighted by Gasteiger charge is -2.06.